The Bertz CT molecular complexity index is 726. The Morgan fingerprint density at radius 1 is 1.04 bits per heavy atom. The average molecular weight is 370 g/mol. The van der Waals surface area contributed by atoms with Gasteiger partial charge in [-0.3, -0.25) is 4.79 Å². The van der Waals surface area contributed by atoms with Gasteiger partial charge in [0, 0.05) is 18.0 Å². The number of benzene rings is 1. The van der Waals surface area contributed by atoms with Crippen molar-refractivity contribution in [1.82, 2.24) is 5.01 Å². The molecule has 1 aromatic rings. The molecule has 0 saturated carbocycles. The number of ether oxygens (including phenoxy) is 2. The standard InChI is InChI=1S/C22H30N2O3/c1-4-5-6-9-14-24-22(25)18-11-8-7-10-17(18)21(23-24)16-12-13-19(26-2)20(15-16)27-3/h7-8,12-13,15,17-18H,4-6,9-11,14H2,1-3H3. The van der Waals surface area contributed by atoms with Crippen molar-refractivity contribution in [3.63, 3.8) is 0 Å². The summed E-state index contributed by atoms with van der Waals surface area (Å²) >= 11 is 0. The van der Waals surface area contributed by atoms with Crippen LogP contribution in [0.4, 0.5) is 0 Å². The molecule has 146 valence electrons. The van der Waals surface area contributed by atoms with E-state index in [0.717, 1.165) is 37.0 Å². The molecule has 1 aromatic carbocycles. The van der Waals surface area contributed by atoms with Crippen LogP contribution in [0.15, 0.2) is 35.5 Å². The number of unbranched alkanes of at least 4 members (excludes halogenated alkanes) is 3. The van der Waals surface area contributed by atoms with Crippen LogP contribution in [0.1, 0.15) is 51.0 Å². The molecule has 0 fully saturated rings. The molecular formula is C22H30N2O3. The molecule has 2 unspecified atom stereocenters. The van der Waals surface area contributed by atoms with Crippen LogP contribution in [0.25, 0.3) is 0 Å². The lowest BCUT2D eigenvalue weighted by molar-refractivity contribution is -0.137. The quantitative estimate of drug-likeness (QED) is 0.503. The van der Waals surface area contributed by atoms with Crippen LogP contribution in [0, 0.1) is 11.8 Å². The summed E-state index contributed by atoms with van der Waals surface area (Å²) in [6, 6.07) is 5.89. The lowest BCUT2D eigenvalue weighted by atomic mass is 9.76. The van der Waals surface area contributed by atoms with Gasteiger partial charge < -0.3 is 9.47 Å². The number of amides is 1. The van der Waals surface area contributed by atoms with Crippen LogP contribution >= 0.6 is 0 Å². The summed E-state index contributed by atoms with van der Waals surface area (Å²) in [7, 11) is 3.27. The van der Waals surface area contributed by atoms with Crippen molar-refractivity contribution in [3.05, 3.63) is 35.9 Å². The van der Waals surface area contributed by atoms with E-state index in [9.17, 15) is 4.79 Å². The average Bonchev–Trinajstić information content (AvgIpc) is 2.72. The highest BCUT2D eigenvalue weighted by molar-refractivity contribution is 6.07. The Balaban J connectivity index is 1.91. The second-order valence-corrected chi connectivity index (χ2v) is 7.23. The van der Waals surface area contributed by atoms with Crippen molar-refractivity contribution in [2.75, 3.05) is 20.8 Å². The number of carbonyl (C=O) groups is 1. The number of fused-ring (bicyclic) bond motifs is 1. The van der Waals surface area contributed by atoms with E-state index in [1.807, 2.05) is 18.2 Å². The summed E-state index contributed by atoms with van der Waals surface area (Å²) in [5.41, 5.74) is 1.99. The first-order valence-corrected chi connectivity index (χ1v) is 9.96. The molecule has 0 spiro atoms. The summed E-state index contributed by atoms with van der Waals surface area (Å²) in [4.78, 5) is 13.0. The van der Waals surface area contributed by atoms with Gasteiger partial charge in [-0.15, -0.1) is 0 Å². The number of methoxy groups -OCH3 is 2. The number of nitrogens with zero attached hydrogens (tertiary/aromatic N) is 2. The largest absolute Gasteiger partial charge is 0.493 e. The first-order valence-electron chi connectivity index (χ1n) is 9.96. The van der Waals surface area contributed by atoms with E-state index in [1.165, 1.54) is 12.8 Å². The molecule has 2 atom stereocenters. The molecule has 5 heteroatoms. The van der Waals surface area contributed by atoms with Crippen LogP contribution in [-0.4, -0.2) is 37.4 Å². The maximum Gasteiger partial charge on any atom is 0.246 e. The van der Waals surface area contributed by atoms with Crippen LogP contribution in [0.2, 0.25) is 0 Å². The zero-order valence-electron chi connectivity index (χ0n) is 16.6. The van der Waals surface area contributed by atoms with E-state index in [0.29, 0.717) is 18.0 Å². The van der Waals surface area contributed by atoms with E-state index in [2.05, 4.69) is 19.1 Å². The van der Waals surface area contributed by atoms with Gasteiger partial charge in [0.1, 0.15) is 0 Å². The SMILES string of the molecule is CCCCCCN1N=C(c2ccc(OC)c(OC)c2)C2CC=CCC2C1=O. The van der Waals surface area contributed by atoms with Gasteiger partial charge in [0.25, 0.3) is 0 Å². The van der Waals surface area contributed by atoms with E-state index >= 15 is 0 Å². The minimum absolute atomic E-state index is 0.0122. The summed E-state index contributed by atoms with van der Waals surface area (Å²) in [6.07, 6.45) is 10.5. The minimum atomic E-state index is -0.0122. The molecule has 27 heavy (non-hydrogen) atoms. The summed E-state index contributed by atoms with van der Waals surface area (Å²) in [6.45, 7) is 2.89. The van der Waals surface area contributed by atoms with Crippen molar-refractivity contribution >= 4 is 11.6 Å². The fraction of sp³-hybridized carbons (Fsp3) is 0.545. The zero-order chi connectivity index (χ0) is 19.2. The van der Waals surface area contributed by atoms with Crippen molar-refractivity contribution in [1.29, 1.82) is 0 Å². The molecule has 1 amide bonds. The van der Waals surface area contributed by atoms with Crippen molar-refractivity contribution in [2.45, 2.75) is 45.4 Å². The van der Waals surface area contributed by atoms with E-state index in [-0.39, 0.29) is 17.7 Å². The second-order valence-electron chi connectivity index (χ2n) is 7.23. The summed E-state index contributed by atoms with van der Waals surface area (Å²) in [5.74, 6) is 1.68. The number of carbonyl (C=O) groups excluding carboxylic acids is 1. The Morgan fingerprint density at radius 3 is 2.48 bits per heavy atom. The highest BCUT2D eigenvalue weighted by atomic mass is 16.5. The highest BCUT2D eigenvalue weighted by Crippen LogP contribution is 2.37. The predicted octanol–water partition coefficient (Wildman–Crippen LogP) is 4.41. The first kappa shape index (κ1) is 19.5. The fourth-order valence-electron chi connectivity index (χ4n) is 3.95. The topological polar surface area (TPSA) is 51.1 Å². The number of hydrazone groups is 1. The highest BCUT2D eigenvalue weighted by Gasteiger charge is 2.39. The van der Waals surface area contributed by atoms with Crippen LogP contribution in [0.5, 0.6) is 11.5 Å². The molecule has 1 aliphatic carbocycles. The lowest BCUT2D eigenvalue weighted by Gasteiger charge is -2.37. The molecule has 5 nitrogen and oxygen atoms in total. The van der Waals surface area contributed by atoms with E-state index in [4.69, 9.17) is 14.6 Å². The monoisotopic (exact) mass is 370 g/mol. The Hall–Kier alpha value is -2.30. The molecule has 2 aliphatic rings. The molecule has 0 bridgehead atoms. The number of hydrogen-bond acceptors (Lipinski definition) is 4. The maximum absolute atomic E-state index is 13.0. The Morgan fingerprint density at radius 2 is 1.78 bits per heavy atom. The molecule has 0 saturated heterocycles. The van der Waals surface area contributed by atoms with Gasteiger partial charge in [-0.2, -0.15) is 5.10 Å². The third-order valence-electron chi connectivity index (χ3n) is 5.49. The van der Waals surface area contributed by atoms with Crippen LogP contribution in [0.3, 0.4) is 0 Å². The summed E-state index contributed by atoms with van der Waals surface area (Å²) < 4.78 is 10.8. The van der Waals surface area contributed by atoms with Gasteiger partial charge in [0.2, 0.25) is 5.91 Å². The summed E-state index contributed by atoms with van der Waals surface area (Å²) in [5, 5.41) is 6.53. The normalized spacial score (nSPS) is 21.7. The fourth-order valence-corrected chi connectivity index (χ4v) is 3.95. The Kier molecular flexibility index (Phi) is 6.54. The first-order chi connectivity index (χ1) is 13.2. The number of allylic oxidation sites excluding steroid dienone is 2. The molecule has 1 aliphatic heterocycles. The smallest absolute Gasteiger partial charge is 0.246 e. The van der Waals surface area contributed by atoms with Gasteiger partial charge in [-0.05, 0) is 37.5 Å². The molecular weight excluding hydrogens is 340 g/mol. The molecule has 3 rings (SSSR count). The lowest BCUT2D eigenvalue weighted by Crippen LogP contribution is -2.45. The predicted molar refractivity (Wildman–Crippen MR) is 107 cm³/mol. The van der Waals surface area contributed by atoms with Crippen LogP contribution < -0.4 is 9.47 Å². The maximum atomic E-state index is 13.0. The molecule has 0 aromatic heterocycles. The second kappa shape index (κ2) is 9.07. The van der Waals surface area contributed by atoms with Crippen molar-refractivity contribution < 1.29 is 14.3 Å². The van der Waals surface area contributed by atoms with E-state index < -0.39 is 0 Å². The third kappa shape index (κ3) is 4.18. The minimum Gasteiger partial charge on any atom is -0.493 e. The van der Waals surface area contributed by atoms with Gasteiger partial charge >= 0.3 is 0 Å². The van der Waals surface area contributed by atoms with Crippen molar-refractivity contribution in [3.8, 4) is 11.5 Å². The van der Waals surface area contributed by atoms with Gasteiger partial charge in [0.15, 0.2) is 11.5 Å². The van der Waals surface area contributed by atoms with Gasteiger partial charge in [-0.25, -0.2) is 5.01 Å². The number of rotatable bonds is 8. The number of hydrogen-bond donors (Lipinski definition) is 0. The zero-order valence-corrected chi connectivity index (χ0v) is 16.6. The molecule has 1 heterocycles. The van der Waals surface area contributed by atoms with Crippen LogP contribution in [-0.2, 0) is 4.79 Å². The molecule has 0 N–H and O–H groups in total. The van der Waals surface area contributed by atoms with Gasteiger partial charge in [-0.1, -0.05) is 38.3 Å². The molecule has 0 radical (unpaired) electrons. The Labute approximate surface area is 162 Å². The van der Waals surface area contributed by atoms with E-state index in [1.54, 1.807) is 19.2 Å². The van der Waals surface area contributed by atoms with Gasteiger partial charge in [0.05, 0.1) is 25.8 Å². The van der Waals surface area contributed by atoms with Crippen molar-refractivity contribution in [2.24, 2.45) is 16.9 Å². The third-order valence-corrected chi connectivity index (χ3v) is 5.49.